The molecular formula is C9H5N4O. The van der Waals surface area contributed by atoms with Gasteiger partial charge in [0.1, 0.15) is 12.5 Å². The third-order valence-corrected chi connectivity index (χ3v) is 2.07. The maximum absolute atomic E-state index is 11.0. The molecule has 0 aliphatic heterocycles. The van der Waals surface area contributed by atoms with Crippen molar-refractivity contribution in [3.63, 3.8) is 0 Å². The van der Waals surface area contributed by atoms with Crippen LogP contribution in [0.25, 0.3) is 21.9 Å². The Balaban J connectivity index is 2.57. The van der Waals surface area contributed by atoms with Crippen molar-refractivity contribution in [1.82, 2.24) is 19.9 Å². The van der Waals surface area contributed by atoms with Gasteiger partial charge in [-0.25, -0.2) is 14.8 Å². The van der Waals surface area contributed by atoms with Crippen LogP contribution in [0.3, 0.4) is 0 Å². The second-order valence-corrected chi connectivity index (χ2v) is 2.98. The highest BCUT2D eigenvalue weighted by atomic mass is 16.1. The number of nitrogens with zero attached hydrogens (tertiary/aromatic N) is 2. The molecular weight excluding hydrogens is 180 g/mol. The van der Waals surface area contributed by atoms with Crippen LogP contribution in [0.15, 0.2) is 23.3 Å². The molecule has 0 fully saturated rings. The minimum atomic E-state index is -0.219. The first-order valence-electron chi connectivity index (χ1n) is 4.07. The largest absolute Gasteiger partial charge is 0.323 e. The van der Waals surface area contributed by atoms with E-state index in [1.54, 1.807) is 12.1 Å². The van der Waals surface area contributed by atoms with Crippen molar-refractivity contribution < 1.29 is 0 Å². The molecule has 1 aromatic carbocycles. The van der Waals surface area contributed by atoms with Gasteiger partial charge < -0.3 is 9.97 Å². The van der Waals surface area contributed by atoms with E-state index in [0.29, 0.717) is 0 Å². The van der Waals surface area contributed by atoms with Crippen molar-refractivity contribution in [2.45, 2.75) is 0 Å². The molecule has 0 saturated carbocycles. The first-order chi connectivity index (χ1) is 6.83. The summed E-state index contributed by atoms with van der Waals surface area (Å²) in [7, 11) is 0. The summed E-state index contributed by atoms with van der Waals surface area (Å²) >= 11 is 0. The molecule has 0 saturated heterocycles. The van der Waals surface area contributed by atoms with Gasteiger partial charge in [-0.3, -0.25) is 0 Å². The predicted octanol–water partition coefficient (Wildman–Crippen LogP) is 0.600. The lowest BCUT2D eigenvalue weighted by molar-refractivity contribution is 1.21. The Hall–Kier alpha value is -2.17. The standard InChI is InChI=1S/C9H5N4O/c14-9-12-7-1-5-3-10-4-11-6(5)2-8(7)13-9/h1-2,4H,(H2,12,13,14). The normalized spacial score (nSPS) is 11.1. The van der Waals surface area contributed by atoms with Gasteiger partial charge in [0.25, 0.3) is 0 Å². The Morgan fingerprint density at radius 2 is 2.00 bits per heavy atom. The third kappa shape index (κ3) is 0.922. The van der Waals surface area contributed by atoms with Crippen LogP contribution >= 0.6 is 0 Å². The molecule has 3 rings (SSSR count). The molecule has 0 atom stereocenters. The van der Waals surface area contributed by atoms with E-state index in [2.05, 4.69) is 26.1 Å². The maximum Gasteiger partial charge on any atom is 0.323 e. The summed E-state index contributed by atoms with van der Waals surface area (Å²) in [6.45, 7) is 0. The van der Waals surface area contributed by atoms with E-state index in [1.165, 1.54) is 6.33 Å². The predicted molar refractivity (Wildman–Crippen MR) is 50.9 cm³/mol. The van der Waals surface area contributed by atoms with Crippen molar-refractivity contribution in [2.75, 3.05) is 0 Å². The van der Waals surface area contributed by atoms with Crippen molar-refractivity contribution in [3.8, 4) is 0 Å². The van der Waals surface area contributed by atoms with Crippen LogP contribution in [0.1, 0.15) is 0 Å². The van der Waals surface area contributed by atoms with Gasteiger partial charge in [-0.1, -0.05) is 0 Å². The number of aromatic nitrogens is 4. The zero-order valence-electron chi connectivity index (χ0n) is 7.03. The number of benzene rings is 1. The molecule has 0 amide bonds. The molecule has 0 bridgehead atoms. The second-order valence-electron chi connectivity index (χ2n) is 2.98. The Morgan fingerprint density at radius 1 is 1.21 bits per heavy atom. The SMILES string of the molecule is O=c1[nH]c2cc3[c]ncnc3cc2[nH]1. The van der Waals surface area contributed by atoms with E-state index in [9.17, 15) is 4.79 Å². The van der Waals surface area contributed by atoms with Gasteiger partial charge in [-0.2, -0.15) is 0 Å². The Morgan fingerprint density at radius 3 is 2.86 bits per heavy atom. The number of rotatable bonds is 0. The maximum atomic E-state index is 11.0. The highest BCUT2D eigenvalue weighted by molar-refractivity contribution is 5.91. The fourth-order valence-electron chi connectivity index (χ4n) is 1.46. The summed E-state index contributed by atoms with van der Waals surface area (Å²) in [4.78, 5) is 24.2. The van der Waals surface area contributed by atoms with Crippen LogP contribution in [0, 0.1) is 6.20 Å². The molecule has 0 spiro atoms. The second kappa shape index (κ2) is 2.41. The van der Waals surface area contributed by atoms with Crippen LogP contribution in [-0.4, -0.2) is 19.9 Å². The summed E-state index contributed by atoms with van der Waals surface area (Å²) < 4.78 is 0. The summed E-state index contributed by atoms with van der Waals surface area (Å²) in [6.07, 6.45) is 4.23. The highest BCUT2D eigenvalue weighted by Crippen LogP contribution is 2.15. The Kier molecular flexibility index (Phi) is 1.25. The lowest BCUT2D eigenvalue weighted by Crippen LogP contribution is -1.99. The van der Waals surface area contributed by atoms with Crippen molar-refractivity contribution in [2.24, 2.45) is 0 Å². The molecule has 0 aliphatic carbocycles. The number of fused-ring (bicyclic) bond motifs is 2. The molecule has 14 heavy (non-hydrogen) atoms. The third-order valence-electron chi connectivity index (χ3n) is 2.07. The minimum absolute atomic E-state index is 0.219. The number of H-pyrrole nitrogens is 2. The molecule has 2 heterocycles. The van der Waals surface area contributed by atoms with Crippen molar-refractivity contribution in [1.29, 1.82) is 0 Å². The Bertz CT molecular complexity index is 611. The van der Waals surface area contributed by atoms with Gasteiger partial charge in [0.2, 0.25) is 0 Å². The first-order valence-corrected chi connectivity index (χ1v) is 4.07. The van der Waals surface area contributed by atoms with E-state index in [4.69, 9.17) is 0 Å². The lowest BCUT2D eigenvalue weighted by Gasteiger charge is -1.93. The smallest absolute Gasteiger partial charge is 0.306 e. The lowest BCUT2D eigenvalue weighted by atomic mass is 10.2. The molecule has 0 unspecified atom stereocenters. The molecule has 67 valence electrons. The molecule has 5 heteroatoms. The van der Waals surface area contributed by atoms with Crippen LogP contribution in [0.2, 0.25) is 0 Å². The fraction of sp³-hybridized carbons (Fsp3) is 0. The molecule has 1 radical (unpaired) electrons. The number of hydrogen-bond acceptors (Lipinski definition) is 3. The van der Waals surface area contributed by atoms with Gasteiger partial charge in [0, 0.05) is 5.39 Å². The minimum Gasteiger partial charge on any atom is -0.306 e. The quantitative estimate of drug-likeness (QED) is 0.538. The van der Waals surface area contributed by atoms with Gasteiger partial charge >= 0.3 is 5.69 Å². The van der Waals surface area contributed by atoms with Crippen LogP contribution < -0.4 is 5.69 Å². The summed E-state index contributed by atoms with van der Waals surface area (Å²) in [5.41, 5.74) is 2.04. The fourth-order valence-corrected chi connectivity index (χ4v) is 1.46. The molecule has 0 aliphatic rings. The summed E-state index contributed by atoms with van der Waals surface area (Å²) in [5.74, 6) is 0. The van der Waals surface area contributed by atoms with Crippen LogP contribution in [-0.2, 0) is 0 Å². The summed E-state index contributed by atoms with van der Waals surface area (Å²) in [5, 5.41) is 0.787. The van der Waals surface area contributed by atoms with E-state index >= 15 is 0 Å². The van der Waals surface area contributed by atoms with Crippen molar-refractivity contribution >= 4 is 21.9 Å². The average molecular weight is 185 g/mol. The average Bonchev–Trinajstić information content (AvgIpc) is 2.53. The summed E-state index contributed by atoms with van der Waals surface area (Å²) in [6, 6.07) is 3.59. The van der Waals surface area contributed by atoms with Crippen LogP contribution in [0.4, 0.5) is 0 Å². The van der Waals surface area contributed by atoms with E-state index in [0.717, 1.165) is 21.9 Å². The zero-order chi connectivity index (χ0) is 9.54. The number of imidazole rings is 1. The van der Waals surface area contributed by atoms with E-state index < -0.39 is 0 Å². The number of hydrogen-bond donors (Lipinski definition) is 2. The number of aromatic amines is 2. The van der Waals surface area contributed by atoms with Crippen molar-refractivity contribution in [3.05, 3.63) is 35.1 Å². The Labute approximate surface area is 77.8 Å². The van der Waals surface area contributed by atoms with Crippen LogP contribution in [0.5, 0.6) is 0 Å². The van der Waals surface area contributed by atoms with Gasteiger partial charge in [0.05, 0.1) is 16.6 Å². The van der Waals surface area contributed by atoms with Gasteiger partial charge in [-0.05, 0) is 12.1 Å². The molecule has 2 aromatic heterocycles. The van der Waals surface area contributed by atoms with E-state index in [1.807, 2.05) is 0 Å². The topological polar surface area (TPSA) is 74.4 Å². The van der Waals surface area contributed by atoms with Gasteiger partial charge in [-0.15, -0.1) is 0 Å². The number of nitrogens with one attached hydrogen (secondary N) is 2. The monoisotopic (exact) mass is 185 g/mol. The zero-order valence-corrected chi connectivity index (χ0v) is 7.03. The molecule has 3 aromatic rings. The highest BCUT2D eigenvalue weighted by Gasteiger charge is 2.01. The molecule has 5 nitrogen and oxygen atoms in total. The molecule has 2 N–H and O–H groups in total. The van der Waals surface area contributed by atoms with E-state index in [-0.39, 0.29) is 5.69 Å². The first kappa shape index (κ1) is 7.25. The van der Waals surface area contributed by atoms with Gasteiger partial charge in [0.15, 0.2) is 0 Å².